The number of ether oxygens (including phenoxy) is 1. The summed E-state index contributed by atoms with van der Waals surface area (Å²) in [7, 11) is 4.12. The molecule has 0 aliphatic heterocycles. The molecule has 0 unspecified atom stereocenters. The molecule has 0 bridgehead atoms. The molecule has 6 rings (SSSR count). The molecule has 0 radical (unpaired) electrons. The van der Waals surface area contributed by atoms with Crippen molar-refractivity contribution in [3.8, 4) is 11.6 Å². The van der Waals surface area contributed by atoms with Crippen LogP contribution in [0.2, 0.25) is 5.02 Å². The number of hydrogen-bond acceptors (Lipinski definition) is 9. The molecule has 12 heteroatoms. The van der Waals surface area contributed by atoms with Crippen LogP contribution in [0.1, 0.15) is 139 Å². The van der Waals surface area contributed by atoms with Gasteiger partial charge in [0.2, 0.25) is 5.82 Å². The number of hydrogen-bond donors (Lipinski definition) is 1. The summed E-state index contributed by atoms with van der Waals surface area (Å²) in [6.07, 6.45) is 11.7. The third-order valence-corrected chi connectivity index (χ3v) is 16.1. The van der Waals surface area contributed by atoms with Crippen molar-refractivity contribution in [3.63, 3.8) is 0 Å². The lowest BCUT2D eigenvalue weighted by Crippen LogP contribution is -2.62. The third kappa shape index (κ3) is 7.40. The Bertz CT molecular complexity index is 1890. The molecule has 0 saturated heterocycles. The lowest BCUT2D eigenvalue weighted by atomic mass is 9.35. The monoisotopic (exact) mass is 806 g/mol. The highest BCUT2D eigenvalue weighted by molar-refractivity contribution is 6.30. The summed E-state index contributed by atoms with van der Waals surface area (Å²) in [4.78, 5) is 50.4. The fraction of sp³-hybridized carbons (Fsp3) is 0.756. The minimum Gasteiger partial charge on any atom is -0.481 e. The van der Waals surface area contributed by atoms with E-state index in [0.29, 0.717) is 47.9 Å². The Kier molecular flexibility index (Phi) is 12.0. The highest BCUT2D eigenvalue weighted by atomic mass is 35.5. The molecular formula is C45H67ClN6O5. The lowest BCUT2D eigenvalue weighted by molar-refractivity contribution is -0.184. The van der Waals surface area contributed by atoms with Crippen LogP contribution in [0.15, 0.2) is 23.5 Å². The Hall–Kier alpha value is -3.18. The van der Waals surface area contributed by atoms with Crippen molar-refractivity contribution >= 4 is 29.3 Å². The van der Waals surface area contributed by atoms with Crippen LogP contribution in [0, 0.1) is 45.3 Å². The normalized spacial score (nSPS) is 32.0. The quantitative estimate of drug-likeness (QED) is 0.184. The molecule has 2 heterocycles. The number of aromatic nitrogens is 5. The number of esters is 1. The van der Waals surface area contributed by atoms with Crippen molar-refractivity contribution in [1.82, 2.24) is 29.6 Å². The number of carbonyl (C=O) groups is 3. The van der Waals surface area contributed by atoms with E-state index in [-0.39, 0.29) is 46.4 Å². The van der Waals surface area contributed by atoms with Crippen molar-refractivity contribution < 1.29 is 24.2 Å². The first-order valence-electron chi connectivity index (χ1n) is 21.4. The Morgan fingerprint density at radius 3 is 2.35 bits per heavy atom. The maximum atomic E-state index is 14.5. The number of carboxylic acid groups (broad SMARTS) is 1. The van der Waals surface area contributed by atoms with Crippen LogP contribution in [-0.2, 0) is 31.1 Å². The molecule has 2 aromatic rings. The fourth-order valence-corrected chi connectivity index (χ4v) is 12.2. The van der Waals surface area contributed by atoms with Gasteiger partial charge in [-0.1, -0.05) is 60.1 Å². The van der Waals surface area contributed by atoms with Crippen molar-refractivity contribution in [2.24, 2.45) is 45.3 Å². The molecule has 57 heavy (non-hydrogen) atoms. The molecule has 4 aliphatic rings. The van der Waals surface area contributed by atoms with Gasteiger partial charge in [-0.05, 0) is 137 Å². The first-order valence-corrected chi connectivity index (χ1v) is 21.8. The lowest BCUT2D eigenvalue weighted by Gasteiger charge is -2.69. The maximum absolute atomic E-state index is 14.5. The van der Waals surface area contributed by atoms with Gasteiger partial charge in [0, 0.05) is 31.9 Å². The summed E-state index contributed by atoms with van der Waals surface area (Å²) >= 11 is 6.20. The van der Waals surface area contributed by atoms with Crippen molar-refractivity contribution in [1.29, 1.82) is 0 Å². The second-order valence-corrected chi connectivity index (χ2v) is 20.5. The molecule has 0 aromatic carbocycles. The van der Waals surface area contributed by atoms with E-state index in [4.69, 9.17) is 26.5 Å². The zero-order valence-electron chi connectivity index (χ0n) is 36.4. The number of nitrogens with zero attached hydrogens (tertiary/aromatic N) is 6. The van der Waals surface area contributed by atoms with E-state index in [1.807, 2.05) is 6.92 Å². The Labute approximate surface area is 345 Å². The number of halogens is 1. The van der Waals surface area contributed by atoms with Crippen LogP contribution < -0.4 is 0 Å². The molecule has 11 nitrogen and oxygen atoms in total. The number of ketones is 1. The number of carboxylic acids is 1. The molecule has 314 valence electrons. The van der Waals surface area contributed by atoms with Crippen LogP contribution in [0.25, 0.3) is 11.6 Å². The van der Waals surface area contributed by atoms with Gasteiger partial charge < -0.3 is 19.3 Å². The predicted molar refractivity (Wildman–Crippen MR) is 221 cm³/mol. The number of allylic oxidation sites excluding steroid dienone is 2. The summed E-state index contributed by atoms with van der Waals surface area (Å²) < 4.78 is 8.16. The summed E-state index contributed by atoms with van der Waals surface area (Å²) in [5.74, 6) is 2.02. The summed E-state index contributed by atoms with van der Waals surface area (Å²) in [5, 5.41) is 19.8. The first-order chi connectivity index (χ1) is 26.6. The van der Waals surface area contributed by atoms with E-state index in [1.165, 1.54) is 5.57 Å². The largest absolute Gasteiger partial charge is 0.481 e. The SMILES string of the molecule is CC[C@H](CC[C@@]1(C)[C@H](C)CC[C@]2(C)[C@@H]1CC[C@@H]1C3=C(C(C)C)C(=O)C[C@]3(c3nnc(-c4ncc(Cl)cn4)n3CCN(C)C)CC[C@]12C)OC(=O)CC(C)(C)C(=O)O. The van der Waals surface area contributed by atoms with Crippen molar-refractivity contribution in [3.05, 3.63) is 34.4 Å². The minimum atomic E-state index is -1.17. The van der Waals surface area contributed by atoms with E-state index in [1.54, 1.807) is 26.2 Å². The molecular weight excluding hydrogens is 740 g/mol. The Morgan fingerprint density at radius 2 is 1.74 bits per heavy atom. The zero-order valence-corrected chi connectivity index (χ0v) is 37.1. The third-order valence-electron chi connectivity index (χ3n) is 15.9. The second-order valence-electron chi connectivity index (χ2n) is 20.1. The van der Waals surface area contributed by atoms with Gasteiger partial charge in [-0.3, -0.25) is 14.4 Å². The van der Waals surface area contributed by atoms with Crippen molar-refractivity contribution in [2.45, 2.75) is 151 Å². The smallest absolute Gasteiger partial charge is 0.309 e. The molecule has 3 saturated carbocycles. The van der Waals surface area contributed by atoms with E-state index in [0.717, 1.165) is 69.3 Å². The summed E-state index contributed by atoms with van der Waals surface area (Å²) in [6.45, 7) is 21.0. The average Bonchev–Trinajstić information content (AvgIpc) is 3.70. The van der Waals surface area contributed by atoms with Crippen LogP contribution in [0.3, 0.4) is 0 Å². The van der Waals surface area contributed by atoms with Gasteiger partial charge in [0.05, 0.1) is 22.3 Å². The highest BCUT2D eigenvalue weighted by Gasteiger charge is 2.68. The predicted octanol–water partition coefficient (Wildman–Crippen LogP) is 8.99. The van der Waals surface area contributed by atoms with Crippen LogP contribution >= 0.6 is 11.6 Å². The van der Waals surface area contributed by atoms with Crippen LogP contribution in [-0.4, -0.2) is 79.2 Å². The van der Waals surface area contributed by atoms with E-state index in [2.05, 4.69) is 75.1 Å². The van der Waals surface area contributed by atoms with Gasteiger partial charge in [0.25, 0.3) is 0 Å². The molecule has 2 aromatic heterocycles. The van der Waals surface area contributed by atoms with Gasteiger partial charge in [-0.15, -0.1) is 10.2 Å². The van der Waals surface area contributed by atoms with Crippen LogP contribution in [0.5, 0.6) is 0 Å². The summed E-state index contributed by atoms with van der Waals surface area (Å²) in [6, 6.07) is 0. The zero-order chi connectivity index (χ0) is 41.9. The molecule has 3 fully saturated rings. The van der Waals surface area contributed by atoms with Gasteiger partial charge in [-0.25, -0.2) is 9.97 Å². The van der Waals surface area contributed by atoms with Crippen molar-refractivity contribution in [2.75, 3.05) is 20.6 Å². The Morgan fingerprint density at radius 1 is 1.05 bits per heavy atom. The second kappa shape index (κ2) is 15.8. The number of rotatable bonds is 14. The molecule has 0 amide bonds. The van der Waals surface area contributed by atoms with Gasteiger partial charge in [0.15, 0.2) is 11.6 Å². The highest BCUT2D eigenvalue weighted by Crippen LogP contribution is 2.74. The van der Waals surface area contributed by atoms with Crippen LogP contribution in [0.4, 0.5) is 0 Å². The van der Waals surface area contributed by atoms with Gasteiger partial charge in [0.1, 0.15) is 11.9 Å². The fourth-order valence-electron chi connectivity index (χ4n) is 12.1. The molecule has 0 spiro atoms. The molecule has 8 atom stereocenters. The number of carbonyl (C=O) groups excluding carboxylic acids is 2. The molecule has 1 N–H and O–H groups in total. The minimum absolute atomic E-state index is 0.0227. The number of likely N-dealkylation sites (N-methyl/N-ethyl adjacent to an activating group) is 1. The number of Topliss-reactive ketones (excluding diaryl/α,β-unsaturated/α-hetero) is 1. The van der Waals surface area contributed by atoms with E-state index < -0.39 is 22.8 Å². The number of fused-ring (bicyclic) bond motifs is 5. The summed E-state index contributed by atoms with van der Waals surface area (Å²) in [5.41, 5.74) is 0.608. The maximum Gasteiger partial charge on any atom is 0.309 e. The van der Waals surface area contributed by atoms with E-state index >= 15 is 0 Å². The number of aliphatic carboxylic acids is 1. The standard InChI is InChI=1S/C45H67ClN6O5/c1-12-30(57-34(54)24-41(5,6)40(55)56)16-17-42(7)28(4)15-18-44(9)33(42)14-13-31-36-35(27(2)3)32(53)23-45(36,20-19-43(31,44)8)39-50-49-38(52(39)22-21-51(10)11)37-47-25-29(46)26-48-37/h25-28,30-31,33H,12-24H2,1-11H3,(H,55,56)/t28-,30-,31-,33-,42+,43-,44-,45-/m1/s1. The first kappa shape index (κ1) is 43.4. The Balaban J connectivity index is 1.36. The molecule has 4 aliphatic carbocycles. The van der Waals surface area contributed by atoms with Gasteiger partial charge >= 0.3 is 11.9 Å². The van der Waals surface area contributed by atoms with Gasteiger partial charge in [-0.2, -0.15) is 0 Å². The average molecular weight is 808 g/mol. The van der Waals surface area contributed by atoms with E-state index in [9.17, 15) is 19.5 Å². The topological polar surface area (TPSA) is 140 Å².